The number of pyridine rings is 1. The van der Waals surface area contributed by atoms with Crippen LogP contribution in [0.25, 0.3) is 17.0 Å². The third-order valence-electron chi connectivity index (χ3n) is 13.1. The van der Waals surface area contributed by atoms with E-state index in [1.165, 1.54) is 0 Å². The predicted molar refractivity (Wildman–Crippen MR) is 210 cm³/mol. The number of carbonyl (C=O) groups is 4. The lowest BCUT2D eigenvalue weighted by atomic mass is 9.86. The topological polar surface area (TPSA) is 168 Å². The lowest BCUT2D eigenvalue weighted by molar-refractivity contribution is -0.156. The van der Waals surface area contributed by atoms with Crippen LogP contribution >= 0.6 is 0 Å². The Morgan fingerprint density at radius 3 is 2.58 bits per heavy atom. The van der Waals surface area contributed by atoms with Crippen molar-refractivity contribution in [1.82, 2.24) is 14.6 Å². The van der Waals surface area contributed by atoms with E-state index in [4.69, 9.17) is 23.9 Å². The first-order chi connectivity index (χ1) is 27.5. The number of hydrogen-bond acceptors (Lipinski definition) is 11. The molecule has 1 N–H and O–H groups in total. The summed E-state index contributed by atoms with van der Waals surface area (Å²) in [5.41, 5.74) is 0.125. The quantitative estimate of drug-likeness (QED) is 0.258. The number of allylic oxidation sites excluding steroid dienone is 2. The molecular weight excluding hydrogens is 751 g/mol. The van der Waals surface area contributed by atoms with Gasteiger partial charge < -0.3 is 23.8 Å². The molecule has 6 aliphatic rings. The van der Waals surface area contributed by atoms with Crippen LogP contribution in [0.15, 0.2) is 43.0 Å². The van der Waals surface area contributed by atoms with Crippen molar-refractivity contribution in [2.75, 3.05) is 26.9 Å². The number of esters is 1. The molecule has 3 aliphatic heterocycles. The molecular formula is C43H53N3O10S. The average molecular weight is 804 g/mol. The normalized spacial score (nSPS) is 31.6. The molecule has 13 nitrogen and oxygen atoms in total. The number of fused-ring (bicyclic) bond motifs is 5. The van der Waals surface area contributed by atoms with Gasteiger partial charge in [-0.15, -0.1) is 6.58 Å². The van der Waals surface area contributed by atoms with Gasteiger partial charge >= 0.3 is 5.97 Å². The number of aromatic nitrogens is 1. The summed E-state index contributed by atoms with van der Waals surface area (Å²) in [6.07, 6.45) is 11.5. The highest BCUT2D eigenvalue weighted by molar-refractivity contribution is 7.90. The van der Waals surface area contributed by atoms with Gasteiger partial charge in [-0.3, -0.25) is 23.9 Å². The summed E-state index contributed by atoms with van der Waals surface area (Å²) in [6, 6.07) is 6.66. The molecule has 3 aliphatic carbocycles. The molecule has 8 rings (SSSR count). The predicted octanol–water partition coefficient (Wildman–Crippen LogP) is 5.30. The lowest BCUT2D eigenvalue weighted by Gasteiger charge is -2.31. The van der Waals surface area contributed by atoms with E-state index in [-0.39, 0.29) is 55.8 Å². The largest absolute Gasteiger partial charge is 0.497 e. The van der Waals surface area contributed by atoms with Gasteiger partial charge in [0.15, 0.2) is 5.78 Å². The van der Waals surface area contributed by atoms with Crippen LogP contribution in [-0.4, -0.2) is 92.2 Å². The second-order valence-electron chi connectivity index (χ2n) is 17.0. The lowest BCUT2D eigenvalue weighted by Crippen LogP contribution is -2.47. The number of Topliss-reactive ketones (excluding diaryl/α,β-unsaturated/α-hetero) is 1. The van der Waals surface area contributed by atoms with Gasteiger partial charge in [0.25, 0.3) is 0 Å². The number of amides is 2. The number of nitrogens with one attached hydrogen (secondary N) is 1. The Balaban J connectivity index is 1.14. The van der Waals surface area contributed by atoms with Crippen molar-refractivity contribution in [3.63, 3.8) is 0 Å². The smallest absolute Gasteiger partial charge is 0.306 e. The summed E-state index contributed by atoms with van der Waals surface area (Å²) in [5, 5.41) is 0.284. The number of sulfonamides is 1. The minimum atomic E-state index is -3.86. The van der Waals surface area contributed by atoms with Crippen LogP contribution in [0.5, 0.6) is 11.6 Å². The highest BCUT2D eigenvalue weighted by atomic mass is 32.2. The number of benzene rings is 1. The van der Waals surface area contributed by atoms with Gasteiger partial charge in [-0.2, -0.15) is 0 Å². The zero-order chi connectivity index (χ0) is 39.9. The van der Waals surface area contributed by atoms with Gasteiger partial charge in [-0.1, -0.05) is 31.1 Å². The number of ether oxygens (including phenoxy) is 4. The number of hydrogen-bond donors (Lipinski definition) is 1. The molecule has 7 atom stereocenters. The summed E-state index contributed by atoms with van der Waals surface area (Å²) < 4.78 is 51.9. The monoisotopic (exact) mass is 803 g/mol. The first-order valence-electron chi connectivity index (χ1n) is 20.6. The summed E-state index contributed by atoms with van der Waals surface area (Å²) in [5.74, 6) is -1.95. The first kappa shape index (κ1) is 39.5. The van der Waals surface area contributed by atoms with Crippen molar-refractivity contribution < 1.29 is 46.5 Å². The maximum Gasteiger partial charge on any atom is 0.306 e. The van der Waals surface area contributed by atoms with Gasteiger partial charge in [-0.25, -0.2) is 13.4 Å². The number of rotatable bonds is 9. The SMILES string of the molecule is C=C[C@@H]1C[C@]1(CC(=O)[C@@H]1C[C@@H]2CN1C(=O)[C@H](C1CCCC1)CC(=O)O[C@H]1COC[C@@H]1CCC/C=C/c1cc3ccc(OC)cc3nc1O2)C(=O)NS(=O)(=O)C1CC1. The second kappa shape index (κ2) is 16.2. The van der Waals surface area contributed by atoms with Crippen molar-refractivity contribution in [2.45, 2.75) is 107 Å². The van der Waals surface area contributed by atoms with Gasteiger partial charge in [0.1, 0.15) is 18.0 Å². The fourth-order valence-electron chi connectivity index (χ4n) is 9.50. The van der Waals surface area contributed by atoms with Crippen LogP contribution in [0.3, 0.4) is 0 Å². The fraction of sp³-hybridized carbons (Fsp3) is 0.605. The molecule has 5 fully saturated rings. The van der Waals surface area contributed by atoms with Crippen LogP contribution in [0.1, 0.15) is 89.0 Å². The number of ketones is 1. The van der Waals surface area contributed by atoms with E-state index in [0.29, 0.717) is 43.2 Å². The van der Waals surface area contributed by atoms with Gasteiger partial charge in [0.2, 0.25) is 27.7 Å². The third-order valence-corrected chi connectivity index (χ3v) is 14.9. The summed E-state index contributed by atoms with van der Waals surface area (Å²) in [6.45, 7) is 4.73. The Labute approximate surface area is 333 Å². The Kier molecular flexibility index (Phi) is 11.2. The van der Waals surface area contributed by atoms with E-state index >= 15 is 0 Å². The Hall–Kier alpha value is -4.30. The second-order valence-corrected chi connectivity index (χ2v) is 18.9. The van der Waals surface area contributed by atoms with Crippen LogP contribution < -0.4 is 14.2 Å². The number of carbonyl (C=O) groups excluding carboxylic acids is 4. The Morgan fingerprint density at radius 2 is 1.84 bits per heavy atom. The van der Waals surface area contributed by atoms with Crippen molar-refractivity contribution >= 4 is 50.6 Å². The van der Waals surface area contributed by atoms with E-state index in [0.717, 1.165) is 55.9 Å². The molecule has 3 saturated carbocycles. The molecule has 14 heteroatoms. The molecule has 0 radical (unpaired) electrons. The molecule has 4 heterocycles. The van der Waals surface area contributed by atoms with Crippen LogP contribution in [0, 0.1) is 29.1 Å². The maximum atomic E-state index is 14.9. The highest BCUT2D eigenvalue weighted by Gasteiger charge is 2.61. The fourth-order valence-corrected chi connectivity index (χ4v) is 10.9. The Bertz CT molecular complexity index is 2060. The molecule has 2 bridgehead atoms. The standard InChI is InChI=1S/C43H53N3O10S/c1-3-30-21-43(30,42(50)45-57(51,52)33-15-16-33)22-37(47)36-19-32-23-46(36)41(49)34(26-9-7-8-10-26)20-39(48)56-38-25-54-24-29(38)12-6-4-5-11-28-17-27-13-14-31(53-2)18-35(27)44-40(28)55-32/h3,5,11,13-14,17-18,26,29-30,32-34,36,38H,1,4,6-10,12,15-16,19-25H2,2H3,(H,45,50)/b11-5+/t29-,30+,32+,34-,36-,38-,43+/m0/s1. The molecule has 57 heavy (non-hydrogen) atoms. The minimum absolute atomic E-state index is 0.0463. The Morgan fingerprint density at radius 1 is 1.05 bits per heavy atom. The molecule has 2 amide bonds. The van der Waals surface area contributed by atoms with Crippen molar-refractivity contribution in [3.8, 4) is 11.6 Å². The number of nitrogens with zero attached hydrogens (tertiary/aromatic N) is 2. The molecule has 2 saturated heterocycles. The average Bonchev–Trinajstić information content (AvgIpc) is 3.98. The third kappa shape index (κ3) is 8.35. The summed E-state index contributed by atoms with van der Waals surface area (Å²) in [4.78, 5) is 63.4. The van der Waals surface area contributed by atoms with Crippen LogP contribution in [0.2, 0.25) is 0 Å². The molecule has 306 valence electrons. The zero-order valence-corrected chi connectivity index (χ0v) is 33.4. The van der Waals surface area contributed by atoms with Crippen LogP contribution in [0.4, 0.5) is 0 Å². The molecule has 0 unspecified atom stereocenters. The number of methoxy groups -OCH3 is 1. The van der Waals surface area contributed by atoms with E-state index < -0.39 is 62.7 Å². The minimum Gasteiger partial charge on any atom is -0.497 e. The first-order valence-corrected chi connectivity index (χ1v) is 22.1. The zero-order valence-electron chi connectivity index (χ0n) is 32.6. The van der Waals surface area contributed by atoms with Crippen LogP contribution in [-0.2, 0) is 38.7 Å². The maximum absolute atomic E-state index is 14.9. The molecule has 1 aromatic heterocycles. The summed E-state index contributed by atoms with van der Waals surface area (Å²) >= 11 is 0. The van der Waals surface area contributed by atoms with E-state index in [9.17, 15) is 27.6 Å². The molecule has 2 aromatic rings. The van der Waals surface area contributed by atoms with Crippen molar-refractivity contribution in [3.05, 3.63) is 48.6 Å². The van der Waals surface area contributed by atoms with E-state index in [1.54, 1.807) is 18.1 Å². The molecule has 1 aromatic carbocycles. The summed E-state index contributed by atoms with van der Waals surface area (Å²) in [7, 11) is -2.27. The molecule has 0 spiro atoms. The van der Waals surface area contributed by atoms with Crippen molar-refractivity contribution in [1.29, 1.82) is 0 Å². The van der Waals surface area contributed by atoms with Gasteiger partial charge in [0, 0.05) is 35.8 Å². The van der Waals surface area contributed by atoms with E-state index in [2.05, 4.69) is 17.4 Å². The highest BCUT2D eigenvalue weighted by Crippen LogP contribution is 2.57. The van der Waals surface area contributed by atoms with Crippen molar-refractivity contribution in [2.24, 2.45) is 29.1 Å². The van der Waals surface area contributed by atoms with Gasteiger partial charge in [-0.05, 0) is 81.4 Å². The van der Waals surface area contributed by atoms with Gasteiger partial charge in [0.05, 0.1) is 61.4 Å². The van der Waals surface area contributed by atoms with E-state index in [1.807, 2.05) is 30.3 Å².